The van der Waals surface area contributed by atoms with Gasteiger partial charge in [-0.1, -0.05) is 140 Å². The molecule has 11 rings (SSSR count). The minimum absolute atomic E-state index is 0.722. The van der Waals surface area contributed by atoms with E-state index in [4.69, 9.17) is 9.97 Å². The van der Waals surface area contributed by atoms with E-state index in [1.165, 1.54) is 49.2 Å². The van der Waals surface area contributed by atoms with Gasteiger partial charge in [-0.15, -0.1) is 0 Å². The third-order valence-electron chi connectivity index (χ3n) is 10.7. The number of para-hydroxylation sites is 4. The quantitative estimate of drug-likeness (QED) is 0.180. The van der Waals surface area contributed by atoms with Gasteiger partial charge in [0.05, 0.1) is 33.3 Å². The Morgan fingerprint density at radius 1 is 0.296 bits per heavy atom. The van der Waals surface area contributed by atoms with Gasteiger partial charge in [0, 0.05) is 49.4 Å². The van der Waals surface area contributed by atoms with E-state index in [-0.39, 0.29) is 0 Å². The lowest BCUT2D eigenvalue weighted by molar-refractivity contribution is 1.17. The fourth-order valence-electron chi connectivity index (χ4n) is 8.24. The minimum Gasteiger partial charge on any atom is -0.309 e. The Bertz CT molecular complexity index is 3210. The van der Waals surface area contributed by atoms with Crippen molar-refractivity contribution in [2.75, 3.05) is 0 Å². The van der Waals surface area contributed by atoms with E-state index in [2.05, 4.69) is 179 Å². The Kier molecular flexibility index (Phi) is 6.82. The summed E-state index contributed by atoms with van der Waals surface area (Å²) in [4.78, 5) is 10.1. The number of fused-ring (bicyclic) bond motifs is 7. The maximum Gasteiger partial charge on any atom is 0.160 e. The Labute approximate surface area is 311 Å². The van der Waals surface area contributed by atoms with Crippen LogP contribution in [0.25, 0.3) is 99.7 Å². The molecule has 0 aliphatic heterocycles. The SMILES string of the molecule is c1ccc(-c2nc(-c3cccc(-n4c5ccccc5c5ccc(-c6ccc7c8ccccc8n(-c8ccccc8)c7c6)cc54)c3)c3ccccc3n2)cc1. The Morgan fingerprint density at radius 2 is 0.796 bits per heavy atom. The number of nitrogens with zero attached hydrogens (tertiary/aromatic N) is 4. The first kappa shape index (κ1) is 30.3. The second kappa shape index (κ2) is 12.1. The largest absolute Gasteiger partial charge is 0.309 e. The normalized spacial score (nSPS) is 11.7. The molecule has 0 spiro atoms. The summed E-state index contributed by atoms with van der Waals surface area (Å²) in [5, 5.41) is 5.98. The Morgan fingerprint density at radius 3 is 1.46 bits per heavy atom. The fourth-order valence-corrected chi connectivity index (χ4v) is 8.24. The van der Waals surface area contributed by atoms with Crippen molar-refractivity contribution in [1.29, 1.82) is 0 Å². The van der Waals surface area contributed by atoms with Gasteiger partial charge in [-0.2, -0.15) is 0 Å². The summed E-state index contributed by atoms with van der Waals surface area (Å²) in [5.74, 6) is 0.722. The van der Waals surface area contributed by atoms with Crippen LogP contribution < -0.4 is 0 Å². The summed E-state index contributed by atoms with van der Waals surface area (Å²) < 4.78 is 4.79. The van der Waals surface area contributed by atoms with E-state index < -0.39 is 0 Å². The second-order valence-electron chi connectivity index (χ2n) is 13.8. The molecule has 0 unspecified atom stereocenters. The molecule has 0 aliphatic carbocycles. The molecule has 0 fully saturated rings. The van der Waals surface area contributed by atoms with Crippen LogP contribution in [0.5, 0.6) is 0 Å². The highest BCUT2D eigenvalue weighted by atomic mass is 15.0. The third kappa shape index (κ3) is 4.78. The molecule has 252 valence electrons. The first-order valence-electron chi connectivity index (χ1n) is 18.3. The van der Waals surface area contributed by atoms with Gasteiger partial charge in [-0.3, -0.25) is 0 Å². The third-order valence-corrected chi connectivity index (χ3v) is 10.7. The van der Waals surface area contributed by atoms with Crippen LogP contribution in [0, 0.1) is 0 Å². The monoisotopic (exact) mass is 688 g/mol. The van der Waals surface area contributed by atoms with E-state index in [1.807, 2.05) is 24.3 Å². The van der Waals surface area contributed by atoms with Gasteiger partial charge in [-0.25, -0.2) is 9.97 Å². The van der Waals surface area contributed by atoms with Crippen LogP contribution in [0.2, 0.25) is 0 Å². The molecule has 0 saturated heterocycles. The van der Waals surface area contributed by atoms with E-state index in [9.17, 15) is 0 Å². The van der Waals surface area contributed by atoms with Crippen molar-refractivity contribution >= 4 is 54.5 Å². The molecule has 54 heavy (non-hydrogen) atoms. The number of hydrogen-bond acceptors (Lipinski definition) is 2. The van der Waals surface area contributed by atoms with E-state index in [0.717, 1.165) is 50.4 Å². The maximum absolute atomic E-state index is 5.19. The predicted molar refractivity (Wildman–Crippen MR) is 225 cm³/mol. The molecule has 3 aromatic heterocycles. The minimum atomic E-state index is 0.722. The highest BCUT2D eigenvalue weighted by Gasteiger charge is 2.18. The molecule has 0 N–H and O–H groups in total. The molecule has 3 heterocycles. The van der Waals surface area contributed by atoms with Crippen LogP contribution in [0.3, 0.4) is 0 Å². The first-order chi connectivity index (χ1) is 26.8. The summed E-state index contributed by atoms with van der Waals surface area (Å²) in [6, 6.07) is 69.2. The molecule has 0 radical (unpaired) electrons. The average Bonchev–Trinajstić information content (AvgIpc) is 3.76. The fraction of sp³-hybridized carbons (Fsp3) is 0. The number of benzene rings is 8. The molecular weight excluding hydrogens is 657 g/mol. The summed E-state index contributed by atoms with van der Waals surface area (Å²) in [6.45, 7) is 0. The molecule has 4 nitrogen and oxygen atoms in total. The van der Waals surface area contributed by atoms with Crippen LogP contribution in [0.15, 0.2) is 194 Å². The zero-order chi connectivity index (χ0) is 35.6. The number of hydrogen-bond donors (Lipinski definition) is 0. The van der Waals surface area contributed by atoms with Crippen LogP contribution in [0.4, 0.5) is 0 Å². The molecule has 8 aromatic carbocycles. The topological polar surface area (TPSA) is 35.6 Å². The predicted octanol–water partition coefficient (Wildman–Crippen LogP) is 12.8. The highest BCUT2D eigenvalue weighted by Crippen LogP contribution is 2.39. The van der Waals surface area contributed by atoms with Crippen molar-refractivity contribution in [1.82, 2.24) is 19.1 Å². The first-order valence-corrected chi connectivity index (χ1v) is 18.3. The molecular formula is C50H32N4. The lowest BCUT2D eigenvalue weighted by Gasteiger charge is -2.13. The van der Waals surface area contributed by atoms with Crippen LogP contribution >= 0.6 is 0 Å². The van der Waals surface area contributed by atoms with Crippen molar-refractivity contribution in [2.45, 2.75) is 0 Å². The van der Waals surface area contributed by atoms with Crippen molar-refractivity contribution in [2.24, 2.45) is 0 Å². The van der Waals surface area contributed by atoms with Gasteiger partial charge < -0.3 is 9.13 Å². The Hall–Kier alpha value is -7.30. The van der Waals surface area contributed by atoms with Crippen molar-refractivity contribution < 1.29 is 0 Å². The summed E-state index contributed by atoms with van der Waals surface area (Å²) in [5.41, 5.74) is 13.2. The second-order valence-corrected chi connectivity index (χ2v) is 13.8. The summed E-state index contributed by atoms with van der Waals surface area (Å²) in [6.07, 6.45) is 0. The van der Waals surface area contributed by atoms with E-state index in [0.29, 0.717) is 0 Å². The molecule has 0 atom stereocenters. The van der Waals surface area contributed by atoms with Gasteiger partial charge in [0.15, 0.2) is 5.82 Å². The lowest BCUT2D eigenvalue weighted by atomic mass is 10.0. The summed E-state index contributed by atoms with van der Waals surface area (Å²) in [7, 11) is 0. The van der Waals surface area contributed by atoms with Gasteiger partial charge >= 0.3 is 0 Å². The molecule has 0 bridgehead atoms. The molecule has 0 aliphatic rings. The number of rotatable bonds is 5. The van der Waals surface area contributed by atoms with Gasteiger partial charge in [0.1, 0.15) is 0 Å². The van der Waals surface area contributed by atoms with Crippen molar-refractivity contribution in [3.63, 3.8) is 0 Å². The van der Waals surface area contributed by atoms with E-state index in [1.54, 1.807) is 0 Å². The van der Waals surface area contributed by atoms with Crippen LogP contribution in [-0.4, -0.2) is 19.1 Å². The van der Waals surface area contributed by atoms with Crippen molar-refractivity contribution in [3.05, 3.63) is 194 Å². The van der Waals surface area contributed by atoms with Crippen LogP contribution in [-0.2, 0) is 0 Å². The molecule has 0 saturated carbocycles. The smallest absolute Gasteiger partial charge is 0.160 e. The zero-order valence-electron chi connectivity index (χ0n) is 29.3. The molecule has 11 aromatic rings. The van der Waals surface area contributed by atoms with Crippen LogP contribution in [0.1, 0.15) is 0 Å². The standard InChI is InChI=1S/C50H32N4/c1-3-14-33(15-4-1)50-51-44-23-10-7-22-43(44)49(52-50)36-16-13-19-38(30-36)54-46-25-12-9-21-40(46)42-29-27-35(32-48(42)54)34-26-28-41-39-20-8-11-24-45(39)53(47(41)31-34)37-17-5-2-6-18-37/h1-32H. The van der Waals surface area contributed by atoms with Gasteiger partial charge in [0.25, 0.3) is 0 Å². The molecule has 4 heteroatoms. The lowest BCUT2D eigenvalue weighted by Crippen LogP contribution is -1.97. The highest BCUT2D eigenvalue weighted by molar-refractivity contribution is 6.12. The van der Waals surface area contributed by atoms with Gasteiger partial charge in [0.2, 0.25) is 0 Å². The molecule has 0 amide bonds. The number of aromatic nitrogens is 4. The van der Waals surface area contributed by atoms with Crippen molar-refractivity contribution in [3.8, 4) is 45.1 Å². The maximum atomic E-state index is 5.19. The zero-order valence-corrected chi connectivity index (χ0v) is 29.3. The summed E-state index contributed by atoms with van der Waals surface area (Å²) >= 11 is 0. The average molecular weight is 689 g/mol. The Balaban J connectivity index is 1.11. The van der Waals surface area contributed by atoms with Gasteiger partial charge in [-0.05, 0) is 65.7 Å². The van der Waals surface area contributed by atoms with E-state index >= 15 is 0 Å².